The fourth-order valence-electron chi connectivity index (χ4n) is 3.07. The third kappa shape index (κ3) is 7.05. The van der Waals surface area contributed by atoms with Crippen molar-refractivity contribution in [2.75, 3.05) is 26.7 Å². The summed E-state index contributed by atoms with van der Waals surface area (Å²) in [5, 5.41) is 0. The zero-order chi connectivity index (χ0) is 21.2. The fourth-order valence-corrected chi connectivity index (χ4v) is 3.07. The van der Waals surface area contributed by atoms with Gasteiger partial charge in [-0.1, -0.05) is 42.5 Å². The molecule has 0 fully saturated rings. The van der Waals surface area contributed by atoms with Crippen molar-refractivity contribution < 1.29 is 14.3 Å². The molecule has 0 atom stereocenters. The van der Waals surface area contributed by atoms with Gasteiger partial charge < -0.3 is 14.4 Å². The molecule has 0 aliphatic carbocycles. The number of ketones is 1. The van der Waals surface area contributed by atoms with Gasteiger partial charge in [0, 0.05) is 19.5 Å². The molecule has 3 aromatic carbocycles. The first-order valence-electron chi connectivity index (χ1n) is 10.3. The molecule has 156 valence electrons. The normalized spacial score (nSPS) is 10.8. The van der Waals surface area contributed by atoms with Crippen LogP contribution in [-0.4, -0.2) is 37.4 Å². The van der Waals surface area contributed by atoms with E-state index in [0.717, 1.165) is 36.8 Å². The maximum Gasteiger partial charge on any atom is 0.131 e. The lowest BCUT2D eigenvalue weighted by Crippen LogP contribution is -2.23. The molecular formula is C26H29NO3. The Balaban J connectivity index is 1.43. The van der Waals surface area contributed by atoms with Crippen LogP contribution in [0.15, 0.2) is 78.9 Å². The Hall–Kier alpha value is -3.11. The quantitative estimate of drug-likeness (QED) is 0.378. The highest BCUT2D eigenvalue weighted by Crippen LogP contribution is 2.27. The van der Waals surface area contributed by atoms with Crippen LogP contribution in [-0.2, 0) is 4.79 Å². The molecule has 4 nitrogen and oxygen atoms in total. The Morgan fingerprint density at radius 2 is 1.33 bits per heavy atom. The monoisotopic (exact) mass is 403 g/mol. The maximum absolute atomic E-state index is 11.0. The maximum atomic E-state index is 11.0. The van der Waals surface area contributed by atoms with E-state index in [4.69, 9.17) is 9.47 Å². The van der Waals surface area contributed by atoms with E-state index in [0.29, 0.717) is 13.0 Å². The van der Waals surface area contributed by atoms with Gasteiger partial charge in [0.05, 0.1) is 6.61 Å². The highest BCUT2D eigenvalue weighted by atomic mass is 16.5. The molecule has 0 saturated heterocycles. The van der Waals surface area contributed by atoms with Gasteiger partial charge >= 0.3 is 0 Å². The van der Waals surface area contributed by atoms with Gasteiger partial charge in [-0.15, -0.1) is 0 Å². The molecule has 30 heavy (non-hydrogen) atoms. The van der Waals surface area contributed by atoms with Gasteiger partial charge in [-0.3, -0.25) is 4.79 Å². The summed E-state index contributed by atoms with van der Waals surface area (Å²) in [5.41, 5.74) is 2.36. The average molecular weight is 404 g/mol. The Labute approximate surface area is 179 Å². The SMILES string of the molecule is CC(=O)CCN(C)CCCOc1ccc(Oc2ccc(-c3ccccc3)cc2)cc1. The van der Waals surface area contributed by atoms with Crippen LogP contribution < -0.4 is 9.47 Å². The first-order valence-corrected chi connectivity index (χ1v) is 10.3. The van der Waals surface area contributed by atoms with Crippen molar-refractivity contribution in [3.63, 3.8) is 0 Å². The van der Waals surface area contributed by atoms with Crippen LogP contribution >= 0.6 is 0 Å². The molecule has 0 aromatic heterocycles. The lowest BCUT2D eigenvalue weighted by molar-refractivity contribution is -0.117. The second-order valence-corrected chi connectivity index (χ2v) is 7.42. The van der Waals surface area contributed by atoms with Gasteiger partial charge in [0.1, 0.15) is 23.0 Å². The highest BCUT2D eigenvalue weighted by molar-refractivity contribution is 5.75. The van der Waals surface area contributed by atoms with Crippen molar-refractivity contribution in [1.29, 1.82) is 0 Å². The summed E-state index contributed by atoms with van der Waals surface area (Å²) < 4.78 is 11.7. The Morgan fingerprint density at radius 3 is 1.97 bits per heavy atom. The molecular weight excluding hydrogens is 374 g/mol. The molecule has 0 spiro atoms. The number of benzene rings is 3. The number of nitrogens with zero attached hydrogens (tertiary/aromatic N) is 1. The zero-order valence-electron chi connectivity index (χ0n) is 17.7. The lowest BCUT2D eigenvalue weighted by atomic mass is 10.1. The van der Waals surface area contributed by atoms with E-state index in [1.165, 1.54) is 11.1 Å². The predicted octanol–water partition coefficient (Wildman–Crippen LogP) is 5.83. The first-order chi connectivity index (χ1) is 14.6. The number of ether oxygens (including phenoxy) is 2. The smallest absolute Gasteiger partial charge is 0.131 e. The van der Waals surface area contributed by atoms with Crippen molar-refractivity contribution in [2.45, 2.75) is 19.8 Å². The summed E-state index contributed by atoms with van der Waals surface area (Å²) in [7, 11) is 2.03. The fraction of sp³-hybridized carbons (Fsp3) is 0.269. The molecule has 0 unspecified atom stereocenters. The third-order valence-corrected chi connectivity index (χ3v) is 4.82. The van der Waals surface area contributed by atoms with E-state index in [1.54, 1.807) is 6.92 Å². The highest BCUT2D eigenvalue weighted by Gasteiger charge is 2.03. The van der Waals surface area contributed by atoms with Crippen molar-refractivity contribution in [2.24, 2.45) is 0 Å². The molecule has 0 amide bonds. The summed E-state index contributed by atoms with van der Waals surface area (Å²) in [4.78, 5) is 13.2. The van der Waals surface area contributed by atoms with E-state index in [9.17, 15) is 4.79 Å². The van der Waals surface area contributed by atoms with Crippen molar-refractivity contribution in [3.05, 3.63) is 78.9 Å². The summed E-state index contributed by atoms with van der Waals surface area (Å²) in [6.07, 6.45) is 1.52. The van der Waals surface area contributed by atoms with Crippen molar-refractivity contribution in [3.8, 4) is 28.4 Å². The van der Waals surface area contributed by atoms with Crippen LogP contribution in [0.1, 0.15) is 19.8 Å². The molecule has 0 aliphatic heterocycles. The number of carbonyl (C=O) groups excluding carboxylic acids is 1. The number of Topliss-reactive ketones (excluding diaryl/α,β-unsaturated/α-hetero) is 1. The van der Waals surface area contributed by atoms with Gasteiger partial charge in [-0.05, 0) is 67.9 Å². The predicted molar refractivity (Wildman–Crippen MR) is 121 cm³/mol. The van der Waals surface area contributed by atoms with Gasteiger partial charge in [-0.2, -0.15) is 0 Å². The summed E-state index contributed by atoms with van der Waals surface area (Å²) in [6, 6.07) is 26.1. The average Bonchev–Trinajstić information content (AvgIpc) is 2.77. The lowest BCUT2D eigenvalue weighted by Gasteiger charge is -2.15. The summed E-state index contributed by atoms with van der Waals surface area (Å²) >= 11 is 0. The second-order valence-electron chi connectivity index (χ2n) is 7.42. The minimum absolute atomic E-state index is 0.229. The molecule has 0 saturated carbocycles. The zero-order valence-corrected chi connectivity index (χ0v) is 17.7. The van der Waals surface area contributed by atoms with Crippen LogP contribution in [0, 0.1) is 0 Å². The second kappa shape index (κ2) is 11.2. The summed E-state index contributed by atoms with van der Waals surface area (Å²) in [6.45, 7) is 3.98. The van der Waals surface area contributed by atoms with E-state index in [2.05, 4.69) is 29.2 Å². The van der Waals surface area contributed by atoms with E-state index < -0.39 is 0 Å². The van der Waals surface area contributed by atoms with E-state index >= 15 is 0 Å². The summed E-state index contributed by atoms with van der Waals surface area (Å²) in [5.74, 6) is 2.64. The molecule has 3 rings (SSSR count). The number of hydrogen-bond donors (Lipinski definition) is 0. The van der Waals surface area contributed by atoms with Crippen LogP contribution in [0.25, 0.3) is 11.1 Å². The minimum atomic E-state index is 0.229. The van der Waals surface area contributed by atoms with Crippen LogP contribution in [0.5, 0.6) is 17.2 Å². The number of rotatable bonds is 11. The Kier molecular flexibility index (Phi) is 8.04. The molecule has 4 heteroatoms. The Morgan fingerprint density at radius 1 is 0.767 bits per heavy atom. The minimum Gasteiger partial charge on any atom is -0.494 e. The van der Waals surface area contributed by atoms with Crippen LogP contribution in [0.3, 0.4) is 0 Å². The third-order valence-electron chi connectivity index (χ3n) is 4.82. The van der Waals surface area contributed by atoms with E-state index in [1.807, 2.05) is 61.6 Å². The standard InChI is InChI=1S/C26H29NO3/c1-21(28)17-19-27(2)18-6-20-29-24-13-15-26(16-14-24)30-25-11-9-23(10-12-25)22-7-4-3-5-8-22/h3-5,7-16H,6,17-20H2,1-2H3. The van der Waals surface area contributed by atoms with Crippen LogP contribution in [0.2, 0.25) is 0 Å². The molecule has 0 N–H and O–H groups in total. The number of hydrogen-bond acceptors (Lipinski definition) is 4. The van der Waals surface area contributed by atoms with E-state index in [-0.39, 0.29) is 5.78 Å². The topological polar surface area (TPSA) is 38.8 Å². The molecule has 0 bridgehead atoms. The molecule has 0 aliphatic rings. The van der Waals surface area contributed by atoms with Gasteiger partial charge in [-0.25, -0.2) is 0 Å². The Bertz CT molecular complexity index is 905. The van der Waals surface area contributed by atoms with Crippen molar-refractivity contribution in [1.82, 2.24) is 4.90 Å². The first kappa shape index (κ1) is 21.6. The van der Waals surface area contributed by atoms with Gasteiger partial charge in [0.2, 0.25) is 0 Å². The van der Waals surface area contributed by atoms with Gasteiger partial charge in [0.25, 0.3) is 0 Å². The van der Waals surface area contributed by atoms with Gasteiger partial charge in [0.15, 0.2) is 0 Å². The van der Waals surface area contributed by atoms with Crippen LogP contribution in [0.4, 0.5) is 0 Å². The molecule has 0 radical (unpaired) electrons. The molecule has 0 heterocycles. The van der Waals surface area contributed by atoms with Crippen molar-refractivity contribution >= 4 is 5.78 Å². The molecule has 3 aromatic rings. The largest absolute Gasteiger partial charge is 0.494 e. The number of carbonyl (C=O) groups is 1.